The lowest BCUT2D eigenvalue weighted by Gasteiger charge is -2.26. The number of nitro groups is 1. The Balaban J connectivity index is 1.85. The number of hydrogen-bond donors (Lipinski definition) is 1. The Hall–Kier alpha value is -2.69. The molecule has 2 heterocycles. The van der Waals surface area contributed by atoms with E-state index < -0.39 is 17.0 Å². The minimum atomic E-state index is -4.78. The Morgan fingerprint density at radius 1 is 1.42 bits per heavy atom. The third kappa shape index (κ3) is 3.30. The van der Waals surface area contributed by atoms with E-state index in [0.717, 1.165) is 12.5 Å². The molecule has 1 saturated heterocycles. The van der Waals surface area contributed by atoms with Crippen LogP contribution in [0.3, 0.4) is 0 Å². The normalized spacial score (nSPS) is 17.4. The predicted octanol–water partition coefficient (Wildman–Crippen LogP) is 2.86. The van der Waals surface area contributed by atoms with Gasteiger partial charge < -0.3 is 14.6 Å². The molecule has 2 aromatic rings. The van der Waals surface area contributed by atoms with Crippen LogP contribution in [0.4, 0.5) is 24.5 Å². The van der Waals surface area contributed by atoms with Gasteiger partial charge in [-0.15, -0.1) is 0 Å². The van der Waals surface area contributed by atoms with Gasteiger partial charge in [-0.2, -0.15) is 18.2 Å². The lowest BCUT2D eigenvalue weighted by atomic mass is 10.1. The highest BCUT2D eigenvalue weighted by Crippen LogP contribution is 2.32. The van der Waals surface area contributed by atoms with E-state index in [1.807, 2.05) is 0 Å². The van der Waals surface area contributed by atoms with Gasteiger partial charge in [-0.3, -0.25) is 10.1 Å². The van der Waals surface area contributed by atoms with Crippen LogP contribution >= 0.6 is 0 Å². The Morgan fingerprint density at radius 2 is 2.17 bits per heavy atom. The summed E-state index contributed by atoms with van der Waals surface area (Å²) in [5.74, 6) is -1.89. The summed E-state index contributed by atoms with van der Waals surface area (Å²) in [7, 11) is 0. The molecule has 1 atom stereocenters. The number of nitro benzene ring substituents is 1. The quantitative estimate of drug-likeness (QED) is 0.657. The average molecular weight is 344 g/mol. The van der Waals surface area contributed by atoms with Crippen molar-refractivity contribution in [2.75, 3.05) is 18.5 Å². The van der Waals surface area contributed by atoms with Crippen LogP contribution in [0.5, 0.6) is 0 Å². The summed E-state index contributed by atoms with van der Waals surface area (Å²) in [6.45, 7) is 1.06. The summed E-state index contributed by atoms with van der Waals surface area (Å²) < 4.78 is 46.8. The minimum Gasteiger partial charge on any atom is -0.377 e. The molecule has 1 aliphatic rings. The van der Waals surface area contributed by atoms with Gasteiger partial charge in [0, 0.05) is 24.8 Å². The van der Waals surface area contributed by atoms with Crippen LogP contribution in [0.25, 0.3) is 11.4 Å². The maximum atomic E-state index is 12.5. The third-order valence-corrected chi connectivity index (χ3v) is 3.43. The van der Waals surface area contributed by atoms with Gasteiger partial charge in [-0.25, -0.2) is 0 Å². The molecule has 0 radical (unpaired) electrons. The van der Waals surface area contributed by atoms with Crippen molar-refractivity contribution in [2.24, 2.45) is 0 Å². The minimum absolute atomic E-state index is 0.00386. The Morgan fingerprint density at radius 3 is 2.71 bits per heavy atom. The Kier molecular flexibility index (Phi) is 4.09. The Labute approximate surface area is 132 Å². The second-order valence-corrected chi connectivity index (χ2v) is 5.07. The topological polar surface area (TPSA) is 103 Å². The van der Waals surface area contributed by atoms with Crippen LogP contribution in [0, 0.1) is 10.1 Å². The fourth-order valence-corrected chi connectivity index (χ4v) is 2.10. The lowest BCUT2D eigenvalue weighted by molar-refractivity contribution is -0.383. The van der Waals surface area contributed by atoms with E-state index in [1.165, 1.54) is 12.1 Å². The zero-order valence-corrected chi connectivity index (χ0v) is 12.0. The van der Waals surface area contributed by atoms with Crippen molar-refractivity contribution in [1.82, 2.24) is 10.1 Å². The highest BCUT2D eigenvalue weighted by atomic mass is 19.4. The molecule has 1 N–H and O–H groups in total. The number of nitrogens with one attached hydrogen (secondary N) is 1. The SMILES string of the molecule is O=[N+]([O-])c1cc(-c2noc(C(F)(F)F)n2)ccc1NC[C@@H]1CCO1. The van der Waals surface area contributed by atoms with Gasteiger partial charge in [-0.1, -0.05) is 5.16 Å². The van der Waals surface area contributed by atoms with Crippen LogP contribution in [0.1, 0.15) is 12.3 Å². The summed E-state index contributed by atoms with van der Waals surface area (Å²) in [4.78, 5) is 13.8. The number of alkyl halides is 3. The zero-order chi connectivity index (χ0) is 17.3. The van der Waals surface area contributed by atoms with Gasteiger partial charge in [0.15, 0.2) is 0 Å². The Bertz CT molecular complexity index is 758. The van der Waals surface area contributed by atoms with Gasteiger partial charge in [0.05, 0.1) is 11.0 Å². The molecule has 0 unspecified atom stereocenters. The highest BCUT2D eigenvalue weighted by Gasteiger charge is 2.38. The van der Waals surface area contributed by atoms with Crippen molar-refractivity contribution in [3.05, 3.63) is 34.2 Å². The van der Waals surface area contributed by atoms with Crippen molar-refractivity contribution in [2.45, 2.75) is 18.7 Å². The van der Waals surface area contributed by atoms with Crippen LogP contribution < -0.4 is 5.32 Å². The van der Waals surface area contributed by atoms with E-state index in [2.05, 4.69) is 20.0 Å². The van der Waals surface area contributed by atoms with E-state index in [0.29, 0.717) is 13.2 Å². The maximum absolute atomic E-state index is 12.5. The first kappa shape index (κ1) is 16.2. The van der Waals surface area contributed by atoms with Crippen molar-refractivity contribution in [3.8, 4) is 11.4 Å². The molecule has 1 aromatic carbocycles. The molecular weight excluding hydrogens is 333 g/mol. The van der Waals surface area contributed by atoms with Crippen LogP contribution in [-0.2, 0) is 10.9 Å². The first-order valence-corrected chi connectivity index (χ1v) is 6.90. The van der Waals surface area contributed by atoms with Crippen LogP contribution in [0.15, 0.2) is 22.7 Å². The molecule has 1 aromatic heterocycles. The molecule has 128 valence electrons. The molecule has 0 bridgehead atoms. The largest absolute Gasteiger partial charge is 0.471 e. The number of benzene rings is 1. The number of nitrogens with zero attached hydrogens (tertiary/aromatic N) is 3. The number of anilines is 1. The second-order valence-electron chi connectivity index (χ2n) is 5.07. The first-order valence-electron chi connectivity index (χ1n) is 6.90. The van der Waals surface area contributed by atoms with E-state index in [4.69, 9.17) is 4.74 Å². The molecule has 0 spiro atoms. The molecule has 0 saturated carbocycles. The number of halogens is 3. The van der Waals surface area contributed by atoms with Gasteiger partial charge in [0.2, 0.25) is 5.82 Å². The highest BCUT2D eigenvalue weighted by molar-refractivity contribution is 5.70. The molecule has 0 aliphatic carbocycles. The summed E-state index contributed by atoms with van der Waals surface area (Å²) in [6.07, 6.45) is -3.92. The smallest absolute Gasteiger partial charge is 0.377 e. The van der Waals surface area contributed by atoms with E-state index in [1.54, 1.807) is 0 Å². The molecule has 3 rings (SSSR count). The van der Waals surface area contributed by atoms with Crippen molar-refractivity contribution < 1.29 is 27.4 Å². The van der Waals surface area contributed by atoms with Crippen LogP contribution in [-0.4, -0.2) is 34.3 Å². The monoisotopic (exact) mass is 344 g/mol. The van der Waals surface area contributed by atoms with Crippen LogP contribution in [0.2, 0.25) is 0 Å². The fourth-order valence-electron chi connectivity index (χ4n) is 2.10. The molecule has 0 amide bonds. The zero-order valence-electron chi connectivity index (χ0n) is 12.0. The summed E-state index contributed by atoms with van der Waals surface area (Å²) in [5, 5.41) is 17.3. The summed E-state index contributed by atoms with van der Waals surface area (Å²) >= 11 is 0. The van der Waals surface area contributed by atoms with Crippen molar-refractivity contribution in [3.63, 3.8) is 0 Å². The van der Waals surface area contributed by atoms with Crippen molar-refractivity contribution in [1.29, 1.82) is 0 Å². The maximum Gasteiger partial charge on any atom is 0.471 e. The molecule has 1 aliphatic heterocycles. The molecule has 24 heavy (non-hydrogen) atoms. The first-order chi connectivity index (χ1) is 11.3. The summed E-state index contributed by atoms with van der Waals surface area (Å²) in [5.41, 5.74) is -0.0182. The molecule has 11 heteroatoms. The average Bonchev–Trinajstić information content (AvgIpc) is 2.95. The number of ether oxygens (including phenoxy) is 1. The predicted molar refractivity (Wildman–Crippen MR) is 74.2 cm³/mol. The standard InChI is InChI=1S/C13H11F3N4O4/c14-13(15,16)12-18-11(19-24-12)7-1-2-9(10(5-7)20(21)22)17-6-8-3-4-23-8/h1-2,5,8,17H,3-4,6H2/t8-/m0/s1. The van der Waals surface area contributed by atoms with Gasteiger partial charge in [-0.05, 0) is 18.6 Å². The summed E-state index contributed by atoms with van der Waals surface area (Å²) in [6, 6.07) is 3.85. The number of hydrogen-bond acceptors (Lipinski definition) is 7. The molecule has 8 nitrogen and oxygen atoms in total. The van der Waals surface area contributed by atoms with Gasteiger partial charge in [0.25, 0.3) is 5.69 Å². The second kappa shape index (κ2) is 6.07. The fraction of sp³-hybridized carbons (Fsp3) is 0.385. The van der Waals surface area contributed by atoms with E-state index >= 15 is 0 Å². The van der Waals surface area contributed by atoms with Gasteiger partial charge >= 0.3 is 12.1 Å². The number of aromatic nitrogens is 2. The van der Waals surface area contributed by atoms with E-state index in [9.17, 15) is 23.3 Å². The lowest BCUT2D eigenvalue weighted by Crippen LogP contribution is -2.33. The third-order valence-electron chi connectivity index (χ3n) is 3.43. The van der Waals surface area contributed by atoms with Crippen molar-refractivity contribution >= 4 is 11.4 Å². The molecular formula is C13H11F3N4O4. The number of rotatable bonds is 5. The van der Waals surface area contributed by atoms with Gasteiger partial charge in [0.1, 0.15) is 5.69 Å². The molecule has 1 fully saturated rings. The van der Waals surface area contributed by atoms with E-state index in [-0.39, 0.29) is 28.9 Å².